The van der Waals surface area contributed by atoms with E-state index < -0.39 is 0 Å². The van der Waals surface area contributed by atoms with E-state index in [1.807, 2.05) is 0 Å². The Hall–Kier alpha value is -2.84. The van der Waals surface area contributed by atoms with Crippen molar-refractivity contribution >= 4 is 31.9 Å². The van der Waals surface area contributed by atoms with Crippen LogP contribution in [0.2, 0.25) is 0 Å². The molecule has 0 saturated carbocycles. The number of rotatable bonds is 7. The number of ether oxygens (including phenoxy) is 3. The van der Waals surface area contributed by atoms with Crippen LogP contribution < -0.4 is 14.2 Å². The molecule has 8 heteroatoms. The maximum atomic E-state index is 11.0. The molecule has 0 fully saturated rings. The first-order valence-electron chi connectivity index (χ1n) is 9.10. The molecule has 0 aliphatic carbocycles. The summed E-state index contributed by atoms with van der Waals surface area (Å²) in [7, 11) is 2.95. The predicted molar refractivity (Wildman–Crippen MR) is 127 cm³/mol. The van der Waals surface area contributed by atoms with Crippen LogP contribution >= 0.6 is 31.9 Å². The van der Waals surface area contributed by atoms with Gasteiger partial charge in [0.25, 0.3) is 0 Å². The predicted octanol–water partition coefficient (Wildman–Crippen LogP) is 6.16. The average molecular weight is 552 g/mol. The summed E-state index contributed by atoms with van der Waals surface area (Å²) < 4.78 is 17.3. The number of methoxy groups -OCH3 is 2. The molecule has 162 valence electrons. The zero-order chi connectivity index (χ0) is 22.5. The highest BCUT2D eigenvalue weighted by Gasteiger charge is 2.22. The lowest BCUT2D eigenvalue weighted by Crippen LogP contribution is -1.97. The second-order valence-electron chi connectivity index (χ2n) is 6.42. The average Bonchev–Trinajstić information content (AvgIpc) is 2.74. The molecule has 31 heavy (non-hydrogen) atoms. The van der Waals surface area contributed by atoms with E-state index in [0.717, 1.165) is 8.96 Å². The highest BCUT2D eigenvalue weighted by Crippen LogP contribution is 2.50. The van der Waals surface area contributed by atoms with Gasteiger partial charge in [-0.25, -0.2) is 0 Å². The molecule has 0 unspecified atom stereocenters. The van der Waals surface area contributed by atoms with Crippen molar-refractivity contribution in [3.05, 3.63) is 58.0 Å². The van der Waals surface area contributed by atoms with Gasteiger partial charge in [-0.3, -0.25) is 0 Å². The Morgan fingerprint density at radius 2 is 1.55 bits per heavy atom. The Kier molecular flexibility index (Phi) is 7.35. The van der Waals surface area contributed by atoms with Gasteiger partial charge in [0.05, 0.1) is 23.2 Å². The Labute approximate surface area is 196 Å². The van der Waals surface area contributed by atoms with Crippen LogP contribution in [0.4, 0.5) is 0 Å². The first-order chi connectivity index (χ1) is 14.8. The zero-order valence-electron chi connectivity index (χ0n) is 16.7. The molecule has 6 nitrogen and oxygen atoms in total. The molecule has 0 aromatic heterocycles. The van der Waals surface area contributed by atoms with Crippen molar-refractivity contribution in [1.29, 1.82) is 0 Å². The van der Waals surface area contributed by atoms with Crippen molar-refractivity contribution < 1.29 is 29.5 Å². The molecule has 3 N–H and O–H groups in total. The summed E-state index contributed by atoms with van der Waals surface area (Å²) in [5.74, 6) is 0.845. The normalized spacial score (nSPS) is 10.5. The summed E-state index contributed by atoms with van der Waals surface area (Å²) in [6.07, 6.45) is 1.75. The van der Waals surface area contributed by atoms with E-state index in [2.05, 4.69) is 31.9 Å². The summed E-state index contributed by atoms with van der Waals surface area (Å²) in [5.41, 5.74) is 2.21. The van der Waals surface area contributed by atoms with Crippen LogP contribution in [0.3, 0.4) is 0 Å². The third-order valence-corrected chi connectivity index (χ3v) is 5.19. The van der Waals surface area contributed by atoms with Crippen LogP contribution in [0.15, 0.2) is 58.0 Å². The number of benzene rings is 3. The molecule has 0 aliphatic rings. The number of hydrogen-bond acceptors (Lipinski definition) is 6. The highest BCUT2D eigenvalue weighted by atomic mass is 79.9. The summed E-state index contributed by atoms with van der Waals surface area (Å²) in [6, 6.07) is 13.1. The van der Waals surface area contributed by atoms with Gasteiger partial charge in [-0.05, 0) is 79.4 Å². The summed E-state index contributed by atoms with van der Waals surface area (Å²) in [6.45, 7) is 0.252. The standard InChI is InChI=1S/C23H20Br2O6/c1-29-19-12-16(13-3-6-15(26)7-4-13)23(30-2)22(28)21(19)14-5-8-18(17(27)11-14)31-10-9-20(24)25/h3-9,11-12,26-28H,10H2,1-2H3. The van der Waals surface area contributed by atoms with Gasteiger partial charge in [-0.15, -0.1) is 0 Å². The molecule has 0 saturated heterocycles. The molecular formula is C23H20Br2O6. The molecule has 3 aromatic rings. The molecule has 0 radical (unpaired) electrons. The fraction of sp³-hybridized carbons (Fsp3) is 0.130. The Morgan fingerprint density at radius 3 is 2.13 bits per heavy atom. The smallest absolute Gasteiger partial charge is 0.170 e. The van der Waals surface area contributed by atoms with E-state index in [1.54, 1.807) is 48.5 Å². The van der Waals surface area contributed by atoms with E-state index in [1.165, 1.54) is 20.3 Å². The van der Waals surface area contributed by atoms with Gasteiger partial charge in [0.15, 0.2) is 23.0 Å². The minimum atomic E-state index is -0.135. The van der Waals surface area contributed by atoms with E-state index in [-0.39, 0.29) is 29.6 Å². The van der Waals surface area contributed by atoms with Gasteiger partial charge in [-0.2, -0.15) is 0 Å². The summed E-state index contributed by atoms with van der Waals surface area (Å²) in [4.78, 5) is 0. The van der Waals surface area contributed by atoms with E-state index >= 15 is 0 Å². The van der Waals surface area contributed by atoms with E-state index in [9.17, 15) is 15.3 Å². The second-order valence-corrected chi connectivity index (χ2v) is 9.19. The summed E-state index contributed by atoms with van der Waals surface area (Å²) >= 11 is 6.48. The van der Waals surface area contributed by atoms with Gasteiger partial charge in [0.2, 0.25) is 0 Å². The Balaban J connectivity index is 2.08. The molecule has 3 rings (SSSR count). The molecular weight excluding hydrogens is 532 g/mol. The maximum Gasteiger partial charge on any atom is 0.170 e. The van der Waals surface area contributed by atoms with Crippen LogP contribution in [0, 0.1) is 0 Å². The van der Waals surface area contributed by atoms with E-state index in [0.29, 0.717) is 28.2 Å². The number of phenols is 3. The van der Waals surface area contributed by atoms with Crippen LogP contribution in [0.25, 0.3) is 22.3 Å². The minimum Gasteiger partial charge on any atom is -0.508 e. The van der Waals surface area contributed by atoms with Crippen molar-refractivity contribution in [2.45, 2.75) is 0 Å². The molecule has 3 aromatic carbocycles. The monoisotopic (exact) mass is 550 g/mol. The molecule has 0 heterocycles. The zero-order valence-corrected chi connectivity index (χ0v) is 19.9. The molecule has 0 amide bonds. The van der Waals surface area contributed by atoms with Crippen molar-refractivity contribution in [3.8, 4) is 56.8 Å². The topological polar surface area (TPSA) is 88.4 Å². The van der Waals surface area contributed by atoms with Gasteiger partial charge < -0.3 is 29.5 Å². The fourth-order valence-electron chi connectivity index (χ4n) is 3.12. The first-order valence-corrected chi connectivity index (χ1v) is 10.7. The Morgan fingerprint density at radius 1 is 0.871 bits per heavy atom. The fourth-order valence-corrected chi connectivity index (χ4v) is 3.38. The van der Waals surface area contributed by atoms with E-state index in [4.69, 9.17) is 14.2 Å². The van der Waals surface area contributed by atoms with Crippen LogP contribution in [0.1, 0.15) is 0 Å². The lowest BCUT2D eigenvalue weighted by molar-refractivity contribution is 0.336. The SMILES string of the molecule is COc1cc(-c2ccc(O)cc2)c(OC)c(O)c1-c1ccc(OCC=C(Br)Br)c(O)c1. The second kappa shape index (κ2) is 9.98. The lowest BCUT2D eigenvalue weighted by Gasteiger charge is -2.18. The number of aromatic hydroxyl groups is 3. The quantitative estimate of drug-likeness (QED) is 0.326. The van der Waals surface area contributed by atoms with Crippen LogP contribution in [0.5, 0.6) is 34.5 Å². The largest absolute Gasteiger partial charge is 0.508 e. The van der Waals surface area contributed by atoms with Crippen molar-refractivity contribution in [3.63, 3.8) is 0 Å². The Bertz CT molecular complexity index is 1110. The molecule has 0 atom stereocenters. The van der Waals surface area contributed by atoms with Crippen LogP contribution in [-0.2, 0) is 0 Å². The third-order valence-electron chi connectivity index (χ3n) is 4.54. The van der Waals surface area contributed by atoms with Gasteiger partial charge in [0, 0.05) is 5.56 Å². The first kappa shape index (κ1) is 22.8. The van der Waals surface area contributed by atoms with Crippen LogP contribution in [-0.4, -0.2) is 36.1 Å². The molecule has 0 aliphatic heterocycles. The molecule has 0 bridgehead atoms. The van der Waals surface area contributed by atoms with Crippen molar-refractivity contribution in [1.82, 2.24) is 0 Å². The summed E-state index contributed by atoms with van der Waals surface area (Å²) in [5, 5.41) is 31.0. The molecule has 0 spiro atoms. The third kappa shape index (κ3) is 5.08. The number of halogens is 2. The minimum absolute atomic E-state index is 0.0837. The van der Waals surface area contributed by atoms with Gasteiger partial charge in [0.1, 0.15) is 18.1 Å². The van der Waals surface area contributed by atoms with Gasteiger partial charge >= 0.3 is 0 Å². The van der Waals surface area contributed by atoms with Gasteiger partial charge in [-0.1, -0.05) is 18.2 Å². The lowest BCUT2D eigenvalue weighted by atomic mass is 9.96. The van der Waals surface area contributed by atoms with Crippen molar-refractivity contribution in [2.75, 3.05) is 20.8 Å². The highest BCUT2D eigenvalue weighted by molar-refractivity contribution is 9.28. The number of phenolic OH excluding ortho intramolecular Hbond substituents is 3. The van der Waals surface area contributed by atoms with Crippen molar-refractivity contribution in [2.24, 2.45) is 0 Å². The maximum absolute atomic E-state index is 11.0. The number of hydrogen-bond donors (Lipinski definition) is 3.